The van der Waals surface area contributed by atoms with Gasteiger partial charge in [-0.3, -0.25) is 14.6 Å². The van der Waals surface area contributed by atoms with E-state index in [0.717, 1.165) is 12.1 Å². The van der Waals surface area contributed by atoms with E-state index in [1.54, 1.807) is 22.6 Å². The van der Waals surface area contributed by atoms with Gasteiger partial charge in [-0.25, -0.2) is 8.42 Å². The van der Waals surface area contributed by atoms with Gasteiger partial charge in [-0.05, 0) is 32.9 Å². The molecule has 1 aliphatic heterocycles. The summed E-state index contributed by atoms with van der Waals surface area (Å²) in [6, 6.07) is 3.24. The van der Waals surface area contributed by atoms with Crippen LogP contribution >= 0.6 is 0 Å². The predicted octanol–water partition coefficient (Wildman–Crippen LogP) is 1.54. The Morgan fingerprint density at radius 3 is 2.40 bits per heavy atom. The van der Waals surface area contributed by atoms with E-state index in [-0.39, 0.29) is 10.4 Å². The number of sulfonamides is 1. The van der Waals surface area contributed by atoms with Gasteiger partial charge >= 0.3 is 0 Å². The van der Waals surface area contributed by atoms with Crippen LogP contribution in [0.5, 0.6) is 0 Å². The molecule has 25 heavy (non-hydrogen) atoms. The van der Waals surface area contributed by atoms with Crippen LogP contribution in [0.2, 0.25) is 0 Å². The van der Waals surface area contributed by atoms with Gasteiger partial charge in [-0.15, -0.1) is 0 Å². The highest BCUT2D eigenvalue weighted by Gasteiger charge is 2.28. The van der Waals surface area contributed by atoms with E-state index < -0.39 is 10.0 Å². The Bertz CT molecular complexity index is 803. The summed E-state index contributed by atoms with van der Waals surface area (Å²) in [4.78, 5) is 6.44. The Balaban J connectivity index is 1.60. The first kappa shape index (κ1) is 18.0. The summed E-state index contributed by atoms with van der Waals surface area (Å²) in [5, 5.41) is 4.42. The van der Waals surface area contributed by atoms with Crippen LogP contribution in [0.3, 0.4) is 0 Å². The van der Waals surface area contributed by atoms with Gasteiger partial charge in [0, 0.05) is 56.9 Å². The van der Waals surface area contributed by atoms with Crippen molar-refractivity contribution in [2.75, 3.05) is 26.2 Å². The van der Waals surface area contributed by atoms with E-state index in [9.17, 15) is 8.42 Å². The summed E-state index contributed by atoms with van der Waals surface area (Å²) in [7, 11) is -3.45. The molecule has 0 aliphatic carbocycles. The van der Waals surface area contributed by atoms with Gasteiger partial charge < -0.3 is 0 Å². The fourth-order valence-corrected chi connectivity index (χ4v) is 4.23. The molecule has 0 spiro atoms. The number of aromatic nitrogens is 3. The molecule has 2 aromatic rings. The highest BCUT2D eigenvalue weighted by molar-refractivity contribution is 7.89. The first-order chi connectivity index (χ1) is 11.8. The standard InChI is InChI=1S/C17H25N5O2S/c1-17(2,3)22-14-15(11-19-22)13-20-7-9-21(10-8-20)25(23,24)16-5-4-6-18-12-16/h4-6,11-12,14H,7-10,13H2,1-3H3. The largest absolute Gasteiger partial charge is 0.296 e. The molecule has 1 fully saturated rings. The topological polar surface area (TPSA) is 71.3 Å². The lowest BCUT2D eigenvalue weighted by molar-refractivity contribution is 0.181. The van der Waals surface area contributed by atoms with Crippen molar-refractivity contribution >= 4 is 10.0 Å². The Labute approximate surface area is 149 Å². The van der Waals surface area contributed by atoms with E-state index in [0.29, 0.717) is 26.2 Å². The first-order valence-corrected chi connectivity index (χ1v) is 9.87. The van der Waals surface area contributed by atoms with Crippen LogP contribution in [-0.2, 0) is 22.1 Å². The molecule has 0 radical (unpaired) electrons. The number of hydrogen-bond donors (Lipinski definition) is 0. The summed E-state index contributed by atoms with van der Waals surface area (Å²) in [6.07, 6.45) is 6.94. The second kappa shape index (κ2) is 6.86. The quantitative estimate of drug-likeness (QED) is 0.824. The normalized spacial score (nSPS) is 17.7. The van der Waals surface area contributed by atoms with Crippen LogP contribution in [0.25, 0.3) is 0 Å². The molecule has 3 heterocycles. The van der Waals surface area contributed by atoms with E-state index >= 15 is 0 Å². The van der Waals surface area contributed by atoms with Crippen molar-refractivity contribution in [3.05, 3.63) is 42.5 Å². The van der Waals surface area contributed by atoms with Gasteiger partial charge in [0.15, 0.2) is 0 Å². The van der Waals surface area contributed by atoms with Crippen LogP contribution in [0.15, 0.2) is 41.8 Å². The van der Waals surface area contributed by atoms with Crippen molar-refractivity contribution in [1.82, 2.24) is 24.0 Å². The van der Waals surface area contributed by atoms with Crippen molar-refractivity contribution in [2.45, 2.75) is 37.8 Å². The maximum atomic E-state index is 12.6. The van der Waals surface area contributed by atoms with Crippen molar-refractivity contribution in [2.24, 2.45) is 0 Å². The molecular formula is C17H25N5O2S. The second-order valence-electron chi connectivity index (χ2n) is 7.33. The zero-order valence-corrected chi connectivity index (χ0v) is 15.8. The summed E-state index contributed by atoms with van der Waals surface area (Å²) in [5.41, 5.74) is 1.12. The SMILES string of the molecule is CC(C)(C)n1cc(CN2CCN(S(=O)(=O)c3cccnc3)CC2)cn1. The minimum Gasteiger partial charge on any atom is -0.296 e. The lowest BCUT2D eigenvalue weighted by Gasteiger charge is -2.33. The maximum Gasteiger partial charge on any atom is 0.244 e. The predicted molar refractivity (Wildman–Crippen MR) is 95.5 cm³/mol. The molecule has 1 aliphatic rings. The zero-order valence-electron chi connectivity index (χ0n) is 15.0. The highest BCUT2D eigenvalue weighted by Crippen LogP contribution is 2.18. The van der Waals surface area contributed by atoms with Crippen LogP contribution in [0.4, 0.5) is 0 Å². The third-order valence-corrected chi connectivity index (χ3v) is 6.22. The number of nitrogens with zero attached hydrogens (tertiary/aromatic N) is 5. The van der Waals surface area contributed by atoms with E-state index in [2.05, 4.69) is 42.0 Å². The lowest BCUT2D eigenvalue weighted by Crippen LogP contribution is -2.48. The summed E-state index contributed by atoms with van der Waals surface area (Å²) >= 11 is 0. The third kappa shape index (κ3) is 4.08. The summed E-state index contributed by atoms with van der Waals surface area (Å²) in [5.74, 6) is 0. The van der Waals surface area contributed by atoms with Gasteiger partial charge in [0.2, 0.25) is 10.0 Å². The minimum absolute atomic E-state index is 0.0330. The Kier molecular flexibility index (Phi) is 4.95. The van der Waals surface area contributed by atoms with Crippen LogP contribution < -0.4 is 0 Å². The van der Waals surface area contributed by atoms with Crippen molar-refractivity contribution in [3.8, 4) is 0 Å². The molecule has 2 aromatic heterocycles. The number of pyridine rings is 1. The minimum atomic E-state index is -3.45. The fraction of sp³-hybridized carbons (Fsp3) is 0.529. The number of rotatable bonds is 4. The molecule has 0 atom stereocenters. The van der Waals surface area contributed by atoms with E-state index in [1.807, 2.05) is 10.9 Å². The molecule has 0 unspecified atom stereocenters. The van der Waals surface area contributed by atoms with Crippen LogP contribution in [0, 0.1) is 0 Å². The van der Waals surface area contributed by atoms with Gasteiger partial charge in [-0.2, -0.15) is 9.40 Å². The van der Waals surface area contributed by atoms with Crippen molar-refractivity contribution in [3.63, 3.8) is 0 Å². The molecule has 0 saturated carbocycles. The van der Waals surface area contributed by atoms with Crippen LogP contribution in [-0.4, -0.2) is 58.6 Å². The molecule has 0 amide bonds. The Morgan fingerprint density at radius 2 is 1.84 bits per heavy atom. The molecule has 0 N–H and O–H groups in total. The van der Waals surface area contributed by atoms with Gasteiger partial charge in [0.05, 0.1) is 11.7 Å². The molecule has 7 nitrogen and oxygen atoms in total. The molecule has 1 saturated heterocycles. The van der Waals surface area contributed by atoms with Crippen molar-refractivity contribution < 1.29 is 8.42 Å². The number of hydrogen-bond acceptors (Lipinski definition) is 5. The molecule has 136 valence electrons. The first-order valence-electron chi connectivity index (χ1n) is 8.43. The highest BCUT2D eigenvalue weighted by atomic mass is 32.2. The molecule has 0 aromatic carbocycles. The second-order valence-corrected chi connectivity index (χ2v) is 9.27. The summed E-state index contributed by atoms with van der Waals surface area (Å²) in [6.45, 7) is 9.54. The van der Waals surface area contributed by atoms with Gasteiger partial charge in [-0.1, -0.05) is 0 Å². The molecule has 0 bridgehead atoms. The van der Waals surface area contributed by atoms with E-state index in [1.165, 1.54) is 6.20 Å². The molecule has 8 heteroatoms. The average Bonchev–Trinajstić information content (AvgIpc) is 3.05. The third-order valence-electron chi connectivity index (χ3n) is 4.33. The number of piperazine rings is 1. The Morgan fingerprint density at radius 1 is 1.12 bits per heavy atom. The molecular weight excluding hydrogens is 338 g/mol. The lowest BCUT2D eigenvalue weighted by atomic mass is 10.1. The van der Waals surface area contributed by atoms with Crippen LogP contribution in [0.1, 0.15) is 26.3 Å². The van der Waals surface area contributed by atoms with E-state index in [4.69, 9.17) is 0 Å². The smallest absolute Gasteiger partial charge is 0.244 e. The summed E-state index contributed by atoms with van der Waals surface area (Å²) < 4.78 is 28.7. The molecule has 3 rings (SSSR count). The Hall–Kier alpha value is -1.77. The monoisotopic (exact) mass is 363 g/mol. The fourth-order valence-electron chi connectivity index (χ4n) is 2.84. The average molecular weight is 363 g/mol. The van der Waals surface area contributed by atoms with Gasteiger partial charge in [0.1, 0.15) is 4.90 Å². The maximum absolute atomic E-state index is 12.6. The van der Waals surface area contributed by atoms with Gasteiger partial charge in [0.25, 0.3) is 0 Å². The zero-order chi connectivity index (χ0) is 18.1. The van der Waals surface area contributed by atoms with Crippen molar-refractivity contribution in [1.29, 1.82) is 0 Å².